The molecule has 6 heteroatoms. The van der Waals surface area contributed by atoms with E-state index in [2.05, 4.69) is 5.32 Å². The van der Waals surface area contributed by atoms with Gasteiger partial charge in [-0.05, 0) is 31.9 Å². The zero-order valence-corrected chi connectivity index (χ0v) is 13.9. The molecule has 23 heavy (non-hydrogen) atoms. The van der Waals surface area contributed by atoms with Crippen molar-refractivity contribution >= 4 is 29.2 Å². The SMILES string of the molecule is CC(=O)CCC(=O)N1CCC(NC(=O)c2ccccc2Cl)CC1. The van der Waals surface area contributed by atoms with Crippen LogP contribution in [0.3, 0.4) is 0 Å². The van der Waals surface area contributed by atoms with Crippen molar-refractivity contribution in [3.63, 3.8) is 0 Å². The number of hydrogen-bond donors (Lipinski definition) is 1. The van der Waals surface area contributed by atoms with Crippen LogP contribution in [0.25, 0.3) is 0 Å². The van der Waals surface area contributed by atoms with Crippen LogP contribution in [-0.2, 0) is 9.59 Å². The maximum Gasteiger partial charge on any atom is 0.253 e. The fourth-order valence-corrected chi connectivity index (χ4v) is 2.84. The molecule has 2 rings (SSSR count). The average molecular weight is 337 g/mol. The van der Waals surface area contributed by atoms with E-state index in [0.29, 0.717) is 42.9 Å². The summed E-state index contributed by atoms with van der Waals surface area (Å²) in [6, 6.07) is 6.97. The van der Waals surface area contributed by atoms with Crippen molar-refractivity contribution in [3.8, 4) is 0 Å². The smallest absolute Gasteiger partial charge is 0.253 e. The van der Waals surface area contributed by atoms with E-state index in [4.69, 9.17) is 11.6 Å². The molecule has 1 fully saturated rings. The van der Waals surface area contributed by atoms with Gasteiger partial charge in [0, 0.05) is 32.0 Å². The van der Waals surface area contributed by atoms with Gasteiger partial charge in [-0.25, -0.2) is 0 Å². The first-order valence-electron chi connectivity index (χ1n) is 7.80. The van der Waals surface area contributed by atoms with E-state index < -0.39 is 0 Å². The molecule has 1 aliphatic heterocycles. The first kappa shape index (κ1) is 17.5. The minimum Gasteiger partial charge on any atom is -0.349 e. The van der Waals surface area contributed by atoms with Gasteiger partial charge in [0.05, 0.1) is 10.6 Å². The van der Waals surface area contributed by atoms with Gasteiger partial charge in [-0.3, -0.25) is 9.59 Å². The highest BCUT2D eigenvalue weighted by molar-refractivity contribution is 6.33. The second kappa shape index (κ2) is 8.11. The molecule has 0 spiro atoms. The zero-order valence-electron chi connectivity index (χ0n) is 13.2. The lowest BCUT2D eigenvalue weighted by molar-refractivity contribution is -0.133. The van der Waals surface area contributed by atoms with Crippen LogP contribution in [0, 0.1) is 0 Å². The van der Waals surface area contributed by atoms with Crippen LogP contribution in [0.4, 0.5) is 0 Å². The maximum atomic E-state index is 12.2. The molecule has 0 saturated carbocycles. The molecule has 0 radical (unpaired) electrons. The lowest BCUT2D eigenvalue weighted by Gasteiger charge is -2.32. The normalized spacial score (nSPS) is 15.3. The van der Waals surface area contributed by atoms with Crippen LogP contribution >= 0.6 is 11.6 Å². The molecule has 0 bridgehead atoms. The molecule has 1 heterocycles. The van der Waals surface area contributed by atoms with E-state index in [1.54, 1.807) is 29.2 Å². The summed E-state index contributed by atoms with van der Waals surface area (Å²) in [6.45, 7) is 2.69. The number of nitrogens with zero attached hydrogens (tertiary/aromatic N) is 1. The van der Waals surface area contributed by atoms with E-state index in [0.717, 1.165) is 0 Å². The number of ketones is 1. The number of likely N-dealkylation sites (tertiary alicyclic amines) is 1. The van der Waals surface area contributed by atoms with Gasteiger partial charge in [-0.15, -0.1) is 0 Å². The monoisotopic (exact) mass is 336 g/mol. The zero-order chi connectivity index (χ0) is 16.8. The molecule has 2 amide bonds. The summed E-state index contributed by atoms with van der Waals surface area (Å²) < 4.78 is 0. The summed E-state index contributed by atoms with van der Waals surface area (Å²) >= 11 is 6.02. The number of carbonyl (C=O) groups is 3. The number of hydrogen-bond acceptors (Lipinski definition) is 3. The minimum absolute atomic E-state index is 0.0103. The molecule has 1 saturated heterocycles. The molecule has 1 N–H and O–H groups in total. The van der Waals surface area contributed by atoms with Gasteiger partial charge in [0.25, 0.3) is 5.91 Å². The molecular formula is C17H21ClN2O3. The van der Waals surface area contributed by atoms with Crippen LogP contribution in [0.2, 0.25) is 5.02 Å². The topological polar surface area (TPSA) is 66.5 Å². The summed E-state index contributed by atoms with van der Waals surface area (Å²) in [5.41, 5.74) is 0.467. The Kier molecular flexibility index (Phi) is 6.16. The Hall–Kier alpha value is -1.88. The highest BCUT2D eigenvalue weighted by Crippen LogP contribution is 2.17. The lowest BCUT2D eigenvalue weighted by Crippen LogP contribution is -2.46. The van der Waals surface area contributed by atoms with Gasteiger partial charge >= 0.3 is 0 Å². The molecule has 124 valence electrons. The van der Waals surface area contributed by atoms with Crippen LogP contribution in [0.15, 0.2) is 24.3 Å². The van der Waals surface area contributed by atoms with E-state index in [1.165, 1.54) is 6.92 Å². The number of benzene rings is 1. The number of carbonyl (C=O) groups excluding carboxylic acids is 3. The quantitative estimate of drug-likeness (QED) is 0.898. The third kappa shape index (κ3) is 5.06. The molecule has 5 nitrogen and oxygen atoms in total. The largest absolute Gasteiger partial charge is 0.349 e. The second-order valence-corrected chi connectivity index (χ2v) is 6.22. The molecule has 1 aromatic rings. The number of rotatable bonds is 5. The Morgan fingerprint density at radius 3 is 2.43 bits per heavy atom. The lowest BCUT2D eigenvalue weighted by atomic mass is 10.0. The third-order valence-electron chi connectivity index (χ3n) is 3.99. The van der Waals surface area contributed by atoms with Crippen molar-refractivity contribution in [2.75, 3.05) is 13.1 Å². The Morgan fingerprint density at radius 1 is 1.17 bits per heavy atom. The maximum absolute atomic E-state index is 12.2. The Labute approximate surface area is 141 Å². The van der Waals surface area contributed by atoms with Crippen molar-refractivity contribution < 1.29 is 14.4 Å². The standard InChI is InChI=1S/C17H21ClN2O3/c1-12(21)6-7-16(22)20-10-8-13(9-11-20)19-17(23)14-4-2-3-5-15(14)18/h2-5,13H,6-11H2,1H3,(H,19,23). The Morgan fingerprint density at radius 2 is 1.83 bits per heavy atom. The second-order valence-electron chi connectivity index (χ2n) is 5.81. The van der Waals surface area contributed by atoms with Crippen molar-refractivity contribution in [2.24, 2.45) is 0 Å². The predicted molar refractivity (Wildman–Crippen MR) is 88.4 cm³/mol. The number of amides is 2. The van der Waals surface area contributed by atoms with Crippen molar-refractivity contribution in [1.82, 2.24) is 10.2 Å². The fourth-order valence-electron chi connectivity index (χ4n) is 2.62. The van der Waals surface area contributed by atoms with Crippen LogP contribution in [0.1, 0.15) is 43.0 Å². The Balaban J connectivity index is 1.81. The first-order valence-corrected chi connectivity index (χ1v) is 8.18. The van der Waals surface area contributed by atoms with E-state index >= 15 is 0 Å². The van der Waals surface area contributed by atoms with Gasteiger partial charge in [-0.2, -0.15) is 0 Å². The number of Topliss-reactive ketones (excluding diaryl/α,β-unsaturated/α-hetero) is 1. The van der Waals surface area contributed by atoms with Gasteiger partial charge < -0.3 is 15.0 Å². The van der Waals surface area contributed by atoms with Crippen molar-refractivity contribution in [3.05, 3.63) is 34.9 Å². The van der Waals surface area contributed by atoms with Gasteiger partial charge in [-0.1, -0.05) is 23.7 Å². The number of piperidine rings is 1. The molecular weight excluding hydrogens is 316 g/mol. The minimum atomic E-state index is -0.183. The van der Waals surface area contributed by atoms with E-state index in [-0.39, 0.29) is 30.1 Å². The summed E-state index contributed by atoms with van der Waals surface area (Å²) in [7, 11) is 0. The first-order chi connectivity index (χ1) is 11.0. The van der Waals surface area contributed by atoms with Gasteiger partial charge in [0.15, 0.2) is 0 Å². The summed E-state index contributed by atoms with van der Waals surface area (Å²) in [6.07, 6.45) is 1.98. The Bertz CT molecular complexity index is 595. The molecule has 1 aromatic carbocycles. The molecule has 0 unspecified atom stereocenters. The molecule has 0 aliphatic carbocycles. The van der Waals surface area contributed by atoms with Crippen LogP contribution in [-0.4, -0.2) is 41.6 Å². The summed E-state index contributed by atoms with van der Waals surface area (Å²) in [5.74, 6) is -0.145. The van der Waals surface area contributed by atoms with Gasteiger partial charge in [0.2, 0.25) is 5.91 Å². The predicted octanol–water partition coefficient (Wildman–Crippen LogP) is 2.43. The molecule has 0 atom stereocenters. The summed E-state index contributed by atoms with van der Waals surface area (Å²) in [4.78, 5) is 36.9. The average Bonchev–Trinajstić information content (AvgIpc) is 2.53. The highest BCUT2D eigenvalue weighted by atomic mass is 35.5. The van der Waals surface area contributed by atoms with Crippen LogP contribution < -0.4 is 5.32 Å². The van der Waals surface area contributed by atoms with Crippen molar-refractivity contribution in [2.45, 2.75) is 38.6 Å². The molecule has 1 aliphatic rings. The number of nitrogens with one attached hydrogen (secondary N) is 1. The van der Waals surface area contributed by atoms with E-state index in [1.807, 2.05) is 0 Å². The number of halogens is 1. The third-order valence-corrected chi connectivity index (χ3v) is 4.32. The molecule has 0 aromatic heterocycles. The summed E-state index contributed by atoms with van der Waals surface area (Å²) in [5, 5.41) is 3.40. The van der Waals surface area contributed by atoms with E-state index in [9.17, 15) is 14.4 Å². The fraction of sp³-hybridized carbons (Fsp3) is 0.471. The van der Waals surface area contributed by atoms with Crippen LogP contribution in [0.5, 0.6) is 0 Å². The van der Waals surface area contributed by atoms with Crippen molar-refractivity contribution in [1.29, 1.82) is 0 Å². The highest BCUT2D eigenvalue weighted by Gasteiger charge is 2.24. The van der Waals surface area contributed by atoms with Gasteiger partial charge in [0.1, 0.15) is 5.78 Å².